The number of hydrogen-bond donors (Lipinski definition) is 2. The Morgan fingerprint density at radius 1 is 0.875 bits per heavy atom. The van der Waals surface area contributed by atoms with Crippen molar-refractivity contribution >= 4 is 0 Å². The van der Waals surface area contributed by atoms with Gasteiger partial charge in [0.2, 0.25) is 0 Å². The Morgan fingerprint density at radius 2 is 1.50 bits per heavy atom. The first-order chi connectivity index (χ1) is 11.8. The molecule has 0 aromatic heterocycles. The summed E-state index contributed by atoms with van der Waals surface area (Å²) >= 11 is 0. The molecule has 3 nitrogen and oxygen atoms in total. The second-order valence-electron chi connectivity index (χ2n) is 7.12. The topological polar surface area (TPSA) is 49.7 Å². The van der Waals surface area contributed by atoms with Gasteiger partial charge in [-0.3, -0.25) is 0 Å². The molecule has 0 saturated carbocycles. The maximum Gasteiger partial charge on any atom is 0.123 e. The maximum atomic E-state index is 9.50. The molecule has 2 rings (SSSR count). The number of fused-ring (bicyclic) bond motifs is 1. The van der Waals surface area contributed by atoms with E-state index in [4.69, 9.17) is 9.84 Å². The van der Waals surface area contributed by atoms with E-state index in [9.17, 15) is 5.11 Å². The van der Waals surface area contributed by atoms with E-state index in [2.05, 4.69) is 0 Å². The summed E-state index contributed by atoms with van der Waals surface area (Å²) < 4.78 is 6.05. The van der Waals surface area contributed by atoms with Crippen molar-refractivity contribution in [2.45, 2.75) is 89.6 Å². The minimum atomic E-state index is 0.337. The van der Waals surface area contributed by atoms with Crippen molar-refractivity contribution in [1.29, 1.82) is 0 Å². The molecule has 1 aromatic rings. The van der Waals surface area contributed by atoms with E-state index < -0.39 is 0 Å². The molecule has 1 aliphatic rings. The Morgan fingerprint density at radius 3 is 2.17 bits per heavy atom. The van der Waals surface area contributed by atoms with Gasteiger partial charge in [-0.25, -0.2) is 0 Å². The largest absolute Gasteiger partial charge is 0.508 e. The van der Waals surface area contributed by atoms with Crippen LogP contribution < -0.4 is 4.74 Å². The van der Waals surface area contributed by atoms with E-state index in [1.807, 2.05) is 12.1 Å². The van der Waals surface area contributed by atoms with Crippen LogP contribution >= 0.6 is 0 Å². The Balaban J connectivity index is 1.45. The van der Waals surface area contributed by atoms with Crippen LogP contribution in [0.4, 0.5) is 0 Å². The summed E-state index contributed by atoms with van der Waals surface area (Å²) in [6.07, 6.45) is 16.3. The number of hydrogen-bond acceptors (Lipinski definition) is 3. The van der Waals surface area contributed by atoms with E-state index in [0.717, 1.165) is 37.0 Å². The minimum absolute atomic E-state index is 0.337. The summed E-state index contributed by atoms with van der Waals surface area (Å²) in [6.45, 7) is 0.346. The fraction of sp³-hybridized carbons (Fsp3) is 0.714. The third-order valence-electron chi connectivity index (χ3n) is 5.01. The lowest BCUT2D eigenvalue weighted by atomic mass is 9.98. The molecule has 0 bridgehead atoms. The molecule has 24 heavy (non-hydrogen) atoms. The van der Waals surface area contributed by atoms with E-state index in [0.29, 0.717) is 18.5 Å². The van der Waals surface area contributed by atoms with Crippen LogP contribution in [-0.2, 0) is 6.42 Å². The molecule has 1 aliphatic heterocycles. The van der Waals surface area contributed by atoms with Crippen LogP contribution in [0.2, 0.25) is 0 Å². The number of ether oxygens (including phenoxy) is 1. The first kappa shape index (κ1) is 19.1. The van der Waals surface area contributed by atoms with E-state index in [-0.39, 0.29) is 0 Å². The Bertz CT molecular complexity index is 458. The van der Waals surface area contributed by atoms with Crippen molar-refractivity contribution in [3.8, 4) is 11.5 Å². The van der Waals surface area contributed by atoms with Crippen molar-refractivity contribution in [2.75, 3.05) is 6.61 Å². The van der Waals surface area contributed by atoms with Gasteiger partial charge in [-0.05, 0) is 55.9 Å². The third-order valence-corrected chi connectivity index (χ3v) is 5.01. The lowest BCUT2D eigenvalue weighted by Crippen LogP contribution is -2.22. The predicted octanol–water partition coefficient (Wildman–Crippen LogP) is 5.37. The molecule has 3 heteroatoms. The smallest absolute Gasteiger partial charge is 0.123 e. The molecule has 0 saturated heterocycles. The predicted molar refractivity (Wildman–Crippen MR) is 98.7 cm³/mol. The summed E-state index contributed by atoms with van der Waals surface area (Å²) in [5.74, 6) is 1.30. The monoisotopic (exact) mass is 334 g/mol. The number of aryl methyl sites for hydroxylation is 1. The summed E-state index contributed by atoms with van der Waals surface area (Å²) in [7, 11) is 0. The molecule has 1 heterocycles. The quantitative estimate of drug-likeness (QED) is 0.505. The standard InChI is InChI=1S/C21H34O3/c22-16-10-8-6-4-2-1-3-5-7-9-11-20-14-12-18-17-19(23)13-15-21(18)24-20/h13,15,17,20,22-23H,1-12,14,16H2. The van der Waals surface area contributed by atoms with Crippen molar-refractivity contribution in [1.82, 2.24) is 0 Å². The van der Waals surface area contributed by atoms with Crippen molar-refractivity contribution < 1.29 is 14.9 Å². The molecule has 2 N–H and O–H groups in total. The molecule has 0 amide bonds. The van der Waals surface area contributed by atoms with Gasteiger partial charge in [-0.15, -0.1) is 0 Å². The molecule has 0 spiro atoms. The van der Waals surface area contributed by atoms with E-state index in [1.165, 1.54) is 57.8 Å². The van der Waals surface area contributed by atoms with Gasteiger partial charge in [-0.1, -0.05) is 51.4 Å². The molecule has 0 fully saturated rings. The van der Waals surface area contributed by atoms with E-state index >= 15 is 0 Å². The summed E-state index contributed by atoms with van der Waals surface area (Å²) in [5.41, 5.74) is 1.14. The number of aliphatic hydroxyl groups is 1. The highest BCUT2D eigenvalue weighted by molar-refractivity contribution is 5.40. The normalized spacial score (nSPS) is 16.6. The number of aromatic hydroxyl groups is 1. The highest BCUT2D eigenvalue weighted by Crippen LogP contribution is 2.31. The van der Waals surface area contributed by atoms with Gasteiger partial charge < -0.3 is 14.9 Å². The first-order valence-electron chi connectivity index (χ1n) is 9.89. The van der Waals surface area contributed by atoms with Gasteiger partial charge in [0.1, 0.15) is 11.5 Å². The van der Waals surface area contributed by atoms with Gasteiger partial charge in [0.15, 0.2) is 0 Å². The van der Waals surface area contributed by atoms with Crippen LogP contribution in [0.5, 0.6) is 11.5 Å². The molecule has 1 atom stereocenters. The molecule has 1 unspecified atom stereocenters. The van der Waals surface area contributed by atoms with Crippen LogP contribution in [0.3, 0.4) is 0 Å². The number of benzene rings is 1. The fourth-order valence-electron chi connectivity index (χ4n) is 3.53. The molecule has 136 valence electrons. The Labute approximate surface area is 147 Å². The SMILES string of the molecule is OCCCCCCCCCCCCC1CCc2cc(O)ccc2O1. The zero-order valence-electron chi connectivity index (χ0n) is 15.0. The summed E-state index contributed by atoms with van der Waals surface area (Å²) in [4.78, 5) is 0. The van der Waals surface area contributed by atoms with Gasteiger partial charge in [0, 0.05) is 6.61 Å². The van der Waals surface area contributed by atoms with Gasteiger partial charge in [0.25, 0.3) is 0 Å². The number of phenolic OH excluding ortho intramolecular Hbond substituents is 1. The van der Waals surface area contributed by atoms with Crippen LogP contribution in [0, 0.1) is 0 Å². The highest BCUT2D eigenvalue weighted by Gasteiger charge is 2.19. The Hall–Kier alpha value is -1.22. The van der Waals surface area contributed by atoms with Crippen molar-refractivity contribution in [3.63, 3.8) is 0 Å². The van der Waals surface area contributed by atoms with Crippen LogP contribution in [0.15, 0.2) is 18.2 Å². The maximum absolute atomic E-state index is 9.50. The second kappa shape index (κ2) is 11.4. The highest BCUT2D eigenvalue weighted by atomic mass is 16.5. The molecule has 1 aromatic carbocycles. The molecule has 0 aliphatic carbocycles. The first-order valence-corrected chi connectivity index (χ1v) is 9.89. The number of rotatable bonds is 12. The molecule has 0 radical (unpaired) electrons. The lowest BCUT2D eigenvalue weighted by molar-refractivity contribution is 0.160. The zero-order valence-corrected chi connectivity index (χ0v) is 15.0. The van der Waals surface area contributed by atoms with Crippen molar-refractivity contribution in [3.05, 3.63) is 23.8 Å². The summed E-state index contributed by atoms with van der Waals surface area (Å²) in [5, 5.41) is 18.2. The third kappa shape index (κ3) is 7.12. The summed E-state index contributed by atoms with van der Waals surface area (Å²) in [6, 6.07) is 5.44. The lowest BCUT2D eigenvalue weighted by Gasteiger charge is -2.26. The zero-order chi connectivity index (χ0) is 17.0. The van der Waals surface area contributed by atoms with Crippen molar-refractivity contribution in [2.24, 2.45) is 0 Å². The molecular formula is C21H34O3. The van der Waals surface area contributed by atoms with Gasteiger partial charge in [0.05, 0.1) is 6.10 Å². The Kier molecular flexibility index (Phi) is 9.04. The van der Waals surface area contributed by atoms with Gasteiger partial charge >= 0.3 is 0 Å². The second-order valence-corrected chi connectivity index (χ2v) is 7.12. The molecular weight excluding hydrogens is 300 g/mol. The van der Waals surface area contributed by atoms with Crippen LogP contribution in [0.1, 0.15) is 82.6 Å². The average molecular weight is 334 g/mol. The van der Waals surface area contributed by atoms with E-state index in [1.54, 1.807) is 6.07 Å². The van der Waals surface area contributed by atoms with Crippen LogP contribution in [0.25, 0.3) is 0 Å². The van der Waals surface area contributed by atoms with Crippen LogP contribution in [-0.4, -0.2) is 22.9 Å². The number of aliphatic hydroxyl groups excluding tert-OH is 1. The fourth-order valence-corrected chi connectivity index (χ4v) is 3.53. The minimum Gasteiger partial charge on any atom is -0.508 e. The average Bonchev–Trinajstić information content (AvgIpc) is 2.59. The number of phenols is 1. The number of unbranched alkanes of at least 4 members (excludes halogenated alkanes) is 9. The van der Waals surface area contributed by atoms with Gasteiger partial charge in [-0.2, -0.15) is 0 Å².